The fourth-order valence-corrected chi connectivity index (χ4v) is 2.75. The summed E-state index contributed by atoms with van der Waals surface area (Å²) >= 11 is 0. The first-order chi connectivity index (χ1) is 13.7. The minimum atomic E-state index is -0.647. The van der Waals surface area contributed by atoms with Gasteiger partial charge in [-0.3, -0.25) is 4.98 Å². The van der Waals surface area contributed by atoms with Gasteiger partial charge in [0.1, 0.15) is 23.3 Å². The van der Waals surface area contributed by atoms with E-state index in [0.29, 0.717) is 29.7 Å². The average molecular weight is 373 g/mol. The van der Waals surface area contributed by atoms with Gasteiger partial charge >= 0.3 is 0 Å². The van der Waals surface area contributed by atoms with Crippen LogP contribution in [-0.4, -0.2) is 37.9 Å². The maximum atomic E-state index is 9.74. The molecule has 28 heavy (non-hydrogen) atoms. The van der Waals surface area contributed by atoms with Gasteiger partial charge in [0.25, 0.3) is 0 Å². The summed E-state index contributed by atoms with van der Waals surface area (Å²) in [5, 5.41) is 17.0. The van der Waals surface area contributed by atoms with Crippen molar-refractivity contribution < 1.29 is 9.63 Å². The van der Waals surface area contributed by atoms with Gasteiger partial charge in [-0.2, -0.15) is 0 Å². The molecule has 1 saturated heterocycles. The highest BCUT2D eigenvalue weighted by Gasteiger charge is 2.13. The van der Waals surface area contributed by atoms with E-state index in [1.807, 2.05) is 22.8 Å². The lowest BCUT2D eigenvalue weighted by Crippen LogP contribution is -2.40. The van der Waals surface area contributed by atoms with E-state index in [0.717, 1.165) is 24.3 Å². The van der Waals surface area contributed by atoms with E-state index in [2.05, 4.69) is 44.1 Å². The maximum Gasteiger partial charge on any atom is 0.185 e. The summed E-state index contributed by atoms with van der Waals surface area (Å²) in [5.74, 6) is 13.4. The summed E-state index contributed by atoms with van der Waals surface area (Å²) in [5.41, 5.74) is 2.20. The molecule has 0 aliphatic carbocycles. The topological polar surface area (TPSA) is 89.0 Å². The predicted molar refractivity (Wildman–Crippen MR) is 103 cm³/mol. The Bertz CT molecular complexity index is 1070. The first-order valence-corrected chi connectivity index (χ1v) is 9.02. The van der Waals surface area contributed by atoms with Crippen LogP contribution in [0.4, 0.5) is 0 Å². The molecule has 0 unspecified atom stereocenters. The van der Waals surface area contributed by atoms with E-state index < -0.39 is 6.10 Å². The second-order valence-corrected chi connectivity index (χ2v) is 6.58. The first kappa shape index (κ1) is 18.0. The highest BCUT2D eigenvalue weighted by molar-refractivity contribution is 5.53. The summed E-state index contributed by atoms with van der Waals surface area (Å²) < 4.78 is 7.24. The maximum absolute atomic E-state index is 9.74. The SMILES string of the molecule is C[C@H](O)c1nccn1Cc1cc(-c2ccc(C#CC#CC3CNC3)cn2)on1. The van der Waals surface area contributed by atoms with Crippen LogP contribution in [0, 0.1) is 29.6 Å². The molecule has 0 bridgehead atoms. The highest BCUT2D eigenvalue weighted by Crippen LogP contribution is 2.19. The van der Waals surface area contributed by atoms with Gasteiger partial charge in [-0.05, 0) is 30.9 Å². The average Bonchev–Trinajstić information content (AvgIpc) is 3.30. The van der Waals surface area contributed by atoms with Gasteiger partial charge < -0.3 is 19.5 Å². The Morgan fingerprint density at radius 3 is 2.93 bits per heavy atom. The van der Waals surface area contributed by atoms with E-state index in [-0.39, 0.29) is 0 Å². The molecule has 0 aromatic carbocycles. The molecule has 0 amide bonds. The fraction of sp³-hybridized carbons (Fsp3) is 0.286. The van der Waals surface area contributed by atoms with Crippen molar-refractivity contribution in [3.63, 3.8) is 0 Å². The molecule has 7 nitrogen and oxygen atoms in total. The second-order valence-electron chi connectivity index (χ2n) is 6.58. The number of aromatic nitrogens is 4. The van der Waals surface area contributed by atoms with Crippen LogP contribution in [0.1, 0.15) is 30.1 Å². The molecule has 1 aliphatic heterocycles. The largest absolute Gasteiger partial charge is 0.385 e. The lowest BCUT2D eigenvalue weighted by atomic mass is 10.1. The van der Waals surface area contributed by atoms with E-state index in [1.165, 1.54) is 0 Å². The van der Waals surface area contributed by atoms with Crippen LogP contribution >= 0.6 is 0 Å². The summed E-state index contributed by atoms with van der Waals surface area (Å²) in [6.07, 6.45) is 4.50. The number of hydrogen-bond acceptors (Lipinski definition) is 6. The molecule has 2 N–H and O–H groups in total. The molecule has 1 fully saturated rings. The van der Waals surface area contributed by atoms with Crippen LogP contribution in [-0.2, 0) is 6.54 Å². The monoisotopic (exact) mass is 373 g/mol. The second kappa shape index (κ2) is 8.10. The number of pyridine rings is 1. The van der Waals surface area contributed by atoms with Crippen molar-refractivity contribution in [2.45, 2.75) is 19.6 Å². The molecule has 1 aliphatic rings. The lowest BCUT2D eigenvalue weighted by Gasteiger charge is -2.20. The summed E-state index contributed by atoms with van der Waals surface area (Å²) in [7, 11) is 0. The van der Waals surface area contributed by atoms with Crippen LogP contribution < -0.4 is 5.32 Å². The number of hydrogen-bond donors (Lipinski definition) is 2. The van der Waals surface area contributed by atoms with Crippen LogP contribution in [0.2, 0.25) is 0 Å². The zero-order valence-corrected chi connectivity index (χ0v) is 15.4. The van der Waals surface area contributed by atoms with Crippen molar-refractivity contribution in [2.24, 2.45) is 5.92 Å². The molecular weight excluding hydrogens is 354 g/mol. The van der Waals surface area contributed by atoms with Crippen LogP contribution in [0.5, 0.6) is 0 Å². The van der Waals surface area contributed by atoms with Crippen molar-refractivity contribution in [1.82, 2.24) is 25.0 Å². The summed E-state index contributed by atoms with van der Waals surface area (Å²) in [6.45, 7) is 4.04. The normalized spacial score (nSPS) is 14.4. The molecule has 0 spiro atoms. The Labute approximate surface area is 162 Å². The number of aliphatic hydroxyl groups is 1. The zero-order valence-electron chi connectivity index (χ0n) is 15.4. The standard InChI is InChI=1S/C21H19N5O2/c1-15(27)21-23-8-9-26(21)14-18-10-20(28-25-18)19-7-6-16(13-24-19)4-2-3-5-17-11-22-12-17/h6-10,13,15,17,22,27H,11-12,14H2,1H3/t15-/m0/s1. The van der Waals surface area contributed by atoms with Gasteiger partial charge in [0, 0.05) is 49.2 Å². The molecule has 0 radical (unpaired) electrons. The molecule has 3 aromatic rings. The van der Waals surface area contributed by atoms with Crippen LogP contribution in [0.15, 0.2) is 41.3 Å². The van der Waals surface area contributed by atoms with Gasteiger partial charge in [-0.15, -0.1) is 0 Å². The Kier molecular flexibility index (Phi) is 5.20. The number of nitrogens with one attached hydrogen (secondary N) is 1. The van der Waals surface area contributed by atoms with Gasteiger partial charge in [0.2, 0.25) is 0 Å². The Balaban J connectivity index is 1.42. The van der Waals surface area contributed by atoms with Crippen molar-refractivity contribution >= 4 is 0 Å². The molecule has 1 atom stereocenters. The molecule has 0 saturated carbocycles. The minimum Gasteiger partial charge on any atom is -0.385 e. The van der Waals surface area contributed by atoms with E-state index >= 15 is 0 Å². The third-order valence-corrected chi connectivity index (χ3v) is 4.36. The van der Waals surface area contributed by atoms with E-state index in [9.17, 15) is 5.11 Å². The summed E-state index contributed by atoms with van der Waals surface area (Å²) in [4.78, 5) is 8.54. The van der Waals surface area contributed by atoms with Crippen LogP contribution in [0.25, 0.3) is 11.5 Å². The quantitative estimate of drug-likeness (QED) is 0.676. The summed E-state index contributed by atoms with van der Waals surface area (Å²) in [6, 6.07) is 5.55. The van der Waals surface area contributed by atoms with Gasteiger partial charge in [-0.25, -0.2) is 4.98 Å². The van der Waals surface area contributed by atoms with Gasteiger partial charge in [0.05, 0.1) is 6.54 Å². The number of rotatable bonds is 4. The van der Waals surface area contributed by atoms with Crippen molar-refractivity contribution in [3.05, 3.63) is 53.9 Å². The van der Waals surface area contributed by atoms with Crippen molar-refractivity contribution in [2.75, 3.05) is 13.1 Å². The fourth-order valence-electron chi connectivity index (χ4n) is 2.75. The van der Waals surface area contributed by atoms with Crippen molar-refractivity contribution in [3.8, 4) is 35.1 Å². The molecule has 4 rings (SSSR count). The van der Waals surface area contributed by atoms with E-state index in [4.69, 9.17) is 4.52 Å². The highest BCUT2D eigenvalue weighted by atomic mass is 16.5. The minimum absolute atomic E-state index is 0.425. The Morgan fingerprint density at radius 2 is 2.21 bits per heavy atom. The third-order valence-electron chi connectivity index (χ3n) is 4.36. The Hall–Kier alpha value is -3.39. The smallest absolute Gasteiger partial charge is 0.185 e. The molecule has 4 heterocycles. The lowest BCUT2D eigenvalue weighted by molar-refractivity contribution is 0.184. The Morgan fingerprint density at radius 1 is 1.32 bits per heavy atom. The number of imidazole rings is 1. The third kappa shape index (κ3) is 4.12. The van der Waals surface area contributed by atoms with Crippen LogP contribution in [0.3, 0.4) is 0 Å². The molecule has 3 aromatic heterocycles. The number of nitrogens with zero attached hydrogens (tertiary/aromatic N) is 4. The zero-order chi connectivity index (χ0) is 19.3. The predicted octanol–water partition coefficient (Wildman–Crippen LogP) is 1.61. The van der Waals surface area contributed by atoms with Crippen molar-refractivity contribution in [1.29, 1.82) is 0 Å². The van der Waals surface area contributed by atoms with Gasteiger partial charge in [-0.1, -0.05) is 17.0 Å². The molecular formula is C21H19N5O2. The van der Waals surface area contributed by atoms with E-state index in [1.54, 1.807) is 25.5 Å². The van der Waals surface area contributed by atoms with Gasteiger partial charge in [0.15, 0.2) is 5.76 Å². The molecule has 7 heteroatoms. The number of aliphatic hydroxyl groups excluding tert-OH is 1. The first-order valence-electron chi connectivity index (χ1n) is 9.02. The molecule has 140 valence electrons.